The molecule has 1 saturated carbocycles. The molecule has 1 aliphatic heterocycles. The second-order valence-corrected chi connectivity index (χ2v) is 10.2. The molecule has 2 bridgehead atoms. The number of hydrogen-bond donors (Lipinski definition) is 4. The van der Waals surface area contributed by atoms with E-state index in [2.05, 4.69) is 22.0 Å². The molecule has 0 amide bonds. The zero-order valence-electron chi connectivity index (χ0n) is 18.3. The van der Waals surface area contributed by atoms with E-state index in [4.69, 9.17) is 4.74 Å². The van der Waals surface area contributed by atoms with E-state index in [1.54, 1.807) is 13.2 Å². The van der Waals surface area contributed by atoms with Crippen molar-refractivity contribution in [3.8, 4) is 5.75 Å². The first-order valence-electron chi connectivity index (χ1n) is 11.6. The van der Waals surface area contributed by atoms with Crippen LogP contribution in [-0.2, 0) is 24.7 Å². The first-order chi connectivity index (χ1) is 15.3. The van der Waals surface area contributed by atoms with E-state index < -0.39 is 22.9 Å². The van der Waals surface area contributed by atoms with Crippen LogP contribution in [-0.4, -0.2) is 57.0 Å². The highest BCUT2D eigenvalue weighted by atomic mass is 16.5. The van der Waals surface area contributed by atoms with Crippen molar-refractivity contribution in [1.29, 1.82) is 0 Å². The Morgan fingerprint density at radius 3 is 2.75 bits per heavy atom. The van der Waals surface area contributed by atoms with Gasteiger partial charge in [0.25, 0.3) is 5.56 Å². The Morgan fingerprint density at radius 1 is 1.22 bits per heavy atom. The van der Waals surface area contributed by atoms with Crippen LogP contribution < -0.4 is 10.3 Å². The topological polar surface area (TPSA) is 106 Å². The molecule has 170 valence electrons. The van der Waals surface area contributed by atoms with Crippen LogP contribution >= 0.6 is 0 Å². The van der Waals surface area contributed by atoms with Gasteiger partial charge in [-0.05, 0) is 73.0 Å². The van der Waals surface area contributed by atoms with Crippen molar-refractivity contribution >= 4 is 0 Å². The van der Waals surface area contributed by atoms with Crippen molar-refractivity contribution in [2.45, 2.75) is 61.9 Å². The van der Waals surface area contributed by atoms with E-state index in [0.29, 0.717) is 12.8 Å². The summed E-state index contributed by atoms with van der Waals surface area (Å²) < 4.78 is 5.53. The van der Waals surface area contributed by atoms with E-state index >= 15 is 0 Å². The Kier molecular flexibility index (Phi) is 4.41. The SMILES string of the molecule is COc1ccc2c(c1)[C@]13CCN(CC4CC4)[C@H](C2)[C@]1(O)Cc1cc(C(O)O)c(=O)[nH]c1C3. The van der Waals surface area contributed by atoms with Crippen LogP contribution in [0.1, 0.15) is 53.5 Å². The first-order valence-corrected chi connectivity index (χ1v) is 11.6. The minimum Gasteiger partial charge on any atom is -0.497 e. The molecule has 1 aromatic heterocycles. The van der Waals surface area contributed by atoms with Crippen LogP contribution in [0.15, 0.2) is 29.1 Å². The summed E-state index contributed by atoms with van der Waals surface area (Å²) in [5, 5.41) is 31.8. The molecule has 6 rings (SSSR count). The first kappa shape index (κ1) is 20.4. The summed E-state index contributed by atoms with van der Waals surface area (Å²) in [5.41, 5.74) is 1.88. The number of hydrogen-bond acceptors (Lipinski definition) is 6. The van der Waals surface area contributed by atoms with Gasteiger partial charge in [0.2, 0.25) is 0 Å². The standard InChI is InChI=1S/C25H30N2O5/c1-32-17-5-4-15-9-21-25(31)11-16-8-18(23(29)30)22(28)26-20(16)12-24(25,19(15)10-17)6-7-27(21)13-14-2-3-14/h4-5,8,10,14,21,23,29-31H,2-3,6-7,9,11-13H2,1H3,(H,26,28)/t21-,24-,25-/m1/s1. The van der Waals surface area contributed by atoms with Gasteiger partial charge in [-0.25, -0.2) is 0 Å². The number of nitrogens with zero attached hydrogens (tertiary/aromatic N) is 1. The number of methoxy groups -OCH3 is 1. The number of piperidine rings is 1. The third-order valence-corrected chi connectivity index (χ3v) is 8.54. The number of aliphatic hydroxyl groups is 3. The van der Waals surface area contributed by atoms with Gasteiger partial charge in [-0.3, -0.25) is 9.69 Å². The van der Waals surface area contributed by atoms with Gasteiger partial charge in [0.1, 0.15) is 5.75 Å². The van der Waals surface area contributed by atoms with Gasteiger partial charge in [-0.1, -0.05) is 6.07 Å². The quantitative estimate of drug-likeness (QED) is 0.534. The summed E-state index contributed by atoms with van der Waals surface area (Å²) in [5.74, 6) is 1.50. The third kappa shape index (κ3) is 2.78. The molecule has 0 unspecified atom stereocenters. The Morgan fingerprint density at radius 2 is 2.03 bits per heavy atom. The number of aromatic amines is 1. The minimum absolute atomic E-state index is 0.0136. The number of benzene rings is 1. The predicted molar refractivity (Wildman–Crippen MR) is 118 cm³/mol. The maximum Gasteiger partial charge on any atom is 0.256 e. The van der Waals surface area contributed by atoms with Crippen LogP contribution in [0.2, 0.25) is 0 Å². The number of ether oxygens (including phenoxy) is 1. The molecule has 0 spiro atoms. The lowest BCUT2D eigenvalue weighted by Gasteiger charge is -2.63. The fraction of sp³-hybridized carbons (Fsp3) is 0.560. The van der Waals surface area contributed by atoms with E-state index in [0.717, 1.165) is 54.4 Å². The number of likely N-dealkylation sites (tertiary alicyclic amines) is 1. The highest BCUT2D eigenvalue weighted by Gasteiger charge is 2.64. The number of H-pyrrole nitrogens is 1. The molecule has 0 radical (unpaired) electrons. The van der Waals surface area contributed by atoms with Crippen molar-refractivity contribution in [3.63, 3.8) is 0 Å². The zero-order valence-corrected chi connectivity index (χ0v) is 18.3. The fourth-order valence-electron chi connectivity index (χ4n) is 6.71. The van der Waals surface area contributed by atoms with Crippen molar-refractivity contribution in [1.82, 2.24) is 9.88 Å². The van der Waals surface area contributed by atoms with E-state index in [1.165, 1.54) is 18.4 Å². The number of nitrogens with one attached hydrogen (secondary N) is 1. The lowest BCUT2D eigenvalue weighted by Crippen LogP contribution is -2.74. The zero-order chi connectivity index (χ0) is 22.3. The molecule has 3 atom stereocenters. The summed E-state index contributed by atoms with van der Waals surface area (Å²) in [4.78, 5) is 17.9. The van der Waals surface area contributed by atoms with Gasteiger partial charge in [-0.2, -0.15) is 0 Å². The van der Waals surface area contributed by atoms with Crippen molar-refractivity contribution in [2.75, 3.05) is 20.2 Å². The molecule has 1 saturated heterocycles. The average Bonchev–Trinajstić information content (AvgIpc) is 3.57. The molecule has 3 aliphatic carbocycles. The van der Waals surface area contributed by atoms with Gasteiger partial charge < -0.3 is 25.0 Å². The van der Waals surface area contributed by atoms with Crippen LogP contribution in [0.25, 0.3) is 0 Å². The third-order valence-electron chi connectivity index (χ3n) is 8.54. The molecule has 4 N–H and O–H groups in total. The van der Waals surface area contributed by atoms with Gasteiger partial charge in [0.15, 0.2) is 6.29 Å². The average molecular weight is 439 g/mol. The number of aromatic nitrogens is 1. The Labute approximate surface area is 186 Å². The van der Waals surface area contributed by atoms with Crippen LogP contribution in [0.4, 0.5) is 0 Å². The lowest BCUT2D eigenvalue weighted by atomic mass is 9.49. The monoisotopic (exact) mass is 438 g/mol. The van der Waals surface area contributed by atoms with Gasteiger partial charge in [0.05, 0.1) is 18.3 Å². The second kappa shape index (κ2) is 6.90. The predicted octanol–water partition coefficient (Wildman–Crippen LogP) is 1.17. The number of fused-ring (bicyclic) bond motifs is 2. The maximum atomic E-state index is 12.5. The number of rotatable bonds is 4. The highest BCUT2D eigenvalue weighted by Crippen LogP contribution is 2.57. The van der Waals surface area contributed by atoms with Crippen molar-refractivity contribution < 1.29 is 20.1 Å². The summed E-state index contributed by atoms with van der Waals surface area (Å²) in [7, 11) is 1.66. The van der Waals surface area contributed by atoms with Crippen molar-refractivity contribution in [2.24, 2.45) is 5.92 Å². The molecular formula is C25H30N2O5. The second-order valence-electron chi connectivity index (χ2n) is 10.2. The van der Waals surface area contributed by atoms with Gasteiger partial charge in [-0.15, -0.1) is 0 Å². The van der Waals surface area contributed by atoms with E-state index in [1.807, 2.05) is 6.07 Å². The summed E-state index contributed by atoms with van der Waals surface area (Å²) in [6.07, 6.45) is 3.17. The molecule has 2 aromatic rings. The molecule has 2 fully saturated rings. The summed E-state index contributed by atoms with van der Waals surface area (Å²) in [6.45, 7) is 1.95. The lowest BCUT2D eigenvalue weighted by molar-refractivity contribution is -0.152. The normalized spacial score (nSPS) is 31.1. The summed E-state index contributed by atoms with van der Waals surface area (Å²) in [6, 6.07) is 7.76. The molecule has 2 heterocycles. The van der Waals surface area contributed by atoms with Gasteiger partial charge >= 0.3 is 0 Å². The largest absolute Gasteiger partial charge is 0.497 e. The number of aliphatic hydroxyl groups excluding tert-OH is 1. The van der Waals surface area contributed by atoms with Gasteiger partial charge in [0, 0.05) is 36.5 Å². The van der Waals surface area contributed by atoms with E-state index in [-0.39, 0.29) is 11.6 Å². The Balaban J connectivity index is 1.54. The Hall–Kier alpha value is -2.19. The number of pyridine rings is 1. The molecule has 4 aliphatic rings. The molecule has 7 nitrogen and oxygen atoms in total. The van der Waals surface area contributed by atoms with Crippen LogP contribution in [0.3, 0.4) is 0 Å². The summed E-state index contributed by atoms with van der Waals surface area (Å²) >= 11 is 0. The molecule has 1 aromatic carbocycles. The maximum absolute atomic E-state index is 12.5. The van der Waals surface area contributed by atoms with E-state index in [9.17, 15) is 20.1 Å². The fourth-order valence-corrected chi connectivity index (χ4v) is 6.71. The van der Waals surface area contributed by atoms with Crippen LogP contribution in [0, 0.1) is 5.92 Å². The molecule has 32 heavy (non-hydrogen) atoms. The smallest absolute Gasteiger partial charge is 0.256 e. The molecule has 7 heteroatoms. The Bertz CT molecular complexity index is 1140. The van der Waals surface area contributed by atoms with Crippen molar-refractivity contribution in [3.05, 3.63) is 62.6 Å². The minimum atomic E-state index is -1.84. The van der Waals surface area contributed by atoms with Crippen LogP contribution in [0.5, 0.6) is 5.75 Å². The highest BCUT2D eigenvalue weighted by molar-refractivity contribution is 5.52. The molecular weight excluding hydrogens is 408 g/mol.